The molecule has 0 atom stereocenters. The number of thiazole rings is 1. The number of hydrogen-bond donors (Lipinski definition) is 2. The van der Waals surface area contributed by atoms with Crippen molar-refractivity contribution in [2.75, 3.05) is 17.4 Å². The number of nitrogens with zero attached hydrogens (tertiary/aromatic N) is 4. The van der Waals surface area contributed by atoms with E-state index in [1.807, 2.05) is 5.38 Å². The largest absolute Gasteiger partial charge is 0.451 e. The van der Waals surface area contributed by atoms with Gasteiger partial charge in [-0.25, -0.2) is 20.8 Å². The highest BCUT2D eigenvalue weighted by molar-refractivity contribution is 7.07. The van der Waals surface area contributed by atoms with Gasteiger partial charge in [0.05, 0.1) is 17.7 Å². The lowest BCUT2D eigenvalue weighted by Crippen LogP contribution is -2.22. The predicted molar refractivity (Wildman–Crippen MR) is 69.1 cm³/mol. The zero-order valence-corrected chi connectivity index (χ0v) is 11.2. The maximum absolute atomic E-state index is 12.7. The number of nitrogens with one attached hydrogen (secondary N) is 1. The lowest BCUT2D eigenvalue weighted by atomic mass is 10.4. The fourth-order valence-electron chi connectivity index (χ4n) is 1.47. The van der Waals surface area contributed by atoms with Crippen molar-refractivity contribution in [2.45, 2.75) is 12.7 Å². The molecule has 20 heavy (non-hydrogen) atoms. The van der Waals surface area contributed by atoms with E-state index in [0.717, 1.165) is 5.69 Å². The van der Waals surface area contributed by atoms with Gasteiger partial charge < -0.3 is 10.3 Å². The summed E-state index contributed by atoms with van der Waals surface area (Å²) in [5, 5.41) is 1.81. The van der Waals surface area contributed by atoms with Gasteiger partial charge in [-0.1, -0.05) is 0 Å². The monoisotopic (exact) mass is 304 g/mol. The van der Waals surface area contributed by atoms with Crippen LogP contribution in [0.25, 0.3) is 0 Å². The molecule has 2 rings (SSSR count). The van der Waals surface area contributed by atoms with Crippen molar-refractivity contribution >= 4 is 23.0 Å². The maximum atomic E-state index is 12.7. The van der Waals surface area contributed by atoms with E-state index in [1.165, 1.54) is 22.3 Å². The summed E-state index contributed by atoms with van der Waals surface area (Å²) in [6.45, 7) is 0.335. The standard InChI is InChI=1S/C10H11F3N6S/c1-19(3-6-4-20-5-15-6)8-2-7(18-14)16-9(17-8)10(11,12)13/h2,4-5H,3,14H2,1H3,(H,16,17,18). The van der Waals surface area contributed by atoms with Crippen molar-refractivity contribution in [1.29, 1.82) is 0 Å². The number of anilines is 2. The Balaban J connectivity index is 2.30. The van der Waals surface area contributed by atoms with Crippen LogP contribution in [-0.2, 0) is 12.7 Å². The van der Waals surface area contributed by atoms with Crippen molar-refractivity contribution in [1.82, 2.24) is 15.0 Å². The smallest absolute Gasteiger partial charge is 0.354 e. The Morgan fingerprint density at radius 1 is 1.40 bits per heavy atom. The molecule has 0 fully saturated rings. The van der Waals surface area contributed by atoms with Crippen molar-refractivity contribution in [3.63, 3.8) is 0 Å². The molecule has 108 valence electrons. The summed E-state index contributed by atoms with van der Waals surface area (Å²) in [6.07, 6.45) is -4.64. The first-order chi connectivity index (χ1) is 9.40. The van der Waals surface area contributed by atoms with Crippen molar-refractivity contribution in [2.24, 2.45) is 5.84 Å². The van der Waals surface area contributed by atoms with Gasteiger partial charge in [-0.2, -0.15) is 13.2 Å². The molecule has 10 heteroatoms. The highest BCUT2D eigenvalue weighted by atomic mass is 32.1. The summed E-state index contributed by atoms with van der Waals surface area (Å²) in [5.74, 6) is 3.89. The van der Waals surface area contributed by atoms with Gasteiger partial charge in [0.25, 0.3) is 0 Å². The van der Waals surface area contributed by atoms with Crippen LogP contribution in [0.4, 0.5) is 24.8 Å². The minimum atomic E-state index is -4.64. The Labute approximate surface area is 116 Å². The van der Waals surface area contributed by atoms with Gasteiger partial charge in [-0.3, -0.25) is 0 Å². The minimum Gasteiger partial charge on any atom is -0.354 e. The molecule has 0 aromatic carbocycles. The predicted octanol–water partition coefficient (Wildman–Crippen LogP) is 1.87. The zero-order valence-electron chi connectivity index (χ0n) is 10.3. The molecule has 3 N–H and O–H groups in total. The number of hydrogen-bond acceptors (Lipinski definition) is 7. The van der Waals surface area contributed by atoms with Gasteiger partial charge in [-0.15, -0.1) is 11.3 Å². The van der Waals surface area contributed by atoms with E-state index in [-0.39, 0.29) is 11.6 Å². The summed E-state index contributed by atoms with van der Waals surface area (Å²) in [4.78, 5) is 12.4. The van der Waals surface area contributed by atoms with Crippen molar-refractivity contribution in [3.05, 3.63) is 28.5 Å². The van der Waals surface area contributed by atoms with Gasteiger partial charge in [0.2, 0.25) is 5.82 Å². The average molecular weight is 304 g/mol. The zero-order chi connectivity index (χ0) is 14.8. The first-order valence-corrected chi connectivity index (χ1v) is 6.35. The van der Waals surface area contributed by atoms with Crippen molar-refractivity contribution in [3.8, 4) is 0 Å². The summed E-state index contributed by atoms with van der Waals surface area (Å²) < 4.78 is 38.1. The van der Waals surface area contributed by atoms with Crippen LogP contribution >= 0.6 is 11.3 Å². The topological polar surface area (TPSA) is 80.0 Å². The number of halogens is 3. The molecular formula is C10H11F3N6S. The fraction of sp³-hybridized carbons (Fsp3) is 0.300. The van der Waals surface area contributed by atoms with E-state index in [1.54, 1.807) is 12.6 Å². The first-order valence-electron chi connectivity index (χ1n) is 5.41. The van der Waals surface area contributed by atoms with Crippen LogP contribution in [0.2, 0.25) is 0 Å². The van der Waals surface area contributed by atoms with Crippen LogP contribution in [0.15, 0.2) is 17.0 Å². The number of hydrazine groups is 1. The highest BCUT2D eigenvalue weighted by Gasteiger charge is 2.35. The number of aromatic nitrogens is 3. The van der Waals surface area contributed by atoms with Crippen LogP contribution in [0.5, 0.6) is 0 Å². The average Bonchev–Trinajstić information content (AvgIpc) is 2.90. The highest BCUT2D eigenvalue weighted by Crippen LogP contribution is 2.29. The lowest BCUT2D eigenvalue weighted by molar-refractivity contribution is -0.144. The number of nitrogen functional groups attached to an aromatic ring is 1. The molecule has 0 amide bonds. The molecule has 0 aliphatic heterocycles. The minimum absolute atomic E-state index is 0.104. The number of nitrogens with two attached hydrogens (primary N) is 1. The second kappa shape index (κ2) is 5.59. The van der Waals surface area contributed by atoms with E-state index >= 15 is 0 Å². The molecule has 2 aromatic heterocycles. The Morgan fingerprint density at radius 2 is 2.15 bits per heavy atom. The summed E-state index contributed by atoms with van der Waals surface area (Å²) in [7, 11) is 1.61. The van der Waals surface area contributed by atoms with E-state index in [9.17, 15) is 13.2 Å². The van der Waals surface area contributed by atoms with E-state index in [0.29, 0.717) is 6.54 Å². The Morgan fingerprint density at radius 3 is 2.70 bits per heavy atom. The molecule has 0 aliphatic rings. The molecule has 0 saturated heterocycles. The van der Waals surface area contributed by atoms with Crippen LogP contribution < -0.4 is 16.2 Å². The summed E-state index contributed by atoms with van der Waals surface area (Å²) >= 11 is 1.41. The molecular weight excluding hydrogens is 293 g/mol. The Hall–Kier alpha value is -1.94. The Kier molecular flexibility index (Phi) is 4.04. The van der Waals surface area contributed by atoms with Crippen LogP contribution in [-0.4, -0.2) is 22.0 Å². The maximum Gasteiger partial charge on any atom is 0.451 e. The number of rotatable bonds is 4. The van der Waals surface area contributed by atoms with Gasteiger partial charge in [0.1, 0.15) is 11.6 Å². The van der Waals surface area contributed by atoms with Gasteiger partial charge >= 0.3 is 6.18 Å². The molecule has 0 saturated carbocycles. The molecule has 6 nitrogen and oxygen atoms in total. The molecule has 2 heterocycles. The van der Waals surface area contributed by atoms with E-state index in [4.69, 9.17) is 5.84 Å². The van der Waals surface area contributed by atoms with Gasteiger partial charge in [-0.05, 0) is 0 Å². The van der Waals surface area contributed by atoms with Crippen LogP contribution in [0.1, 0.15) is 11.5 Å². The van der Waals surface area contributed by atoms with Crippen molar-refractivity contribution < 1.29 is 13.2 Å². The third kappa shape index (κ3) is 3.33. The molecule has 2 aromatic rings. The molecule has 0 unspecified atom stereocenters. The molecule has 0 spiro atoms. The summed E-state index contributed by atoms with van der Waals surface area (Å²) in [6, 6.07) is 1.33. The molecule has 0 aliphatic carbocycles. The third-order valence-corrected chi connectivity index (χ3v) is 3.02. The molecule has 0 radical (unpaired) electrons. The second-order valence-electron chi connectivity index (χ2n) is 3.91. The first kappa shape index (κ1) is 14.5. The second-order valence-corrected chi connectivity index (χ2v) is 4.63. The fourth-order valence-corrected chi connectivity index (χ4v) is 2.02. The van der Waals surface area contributed by atoms with E-state index < -0.39 is 12.0 Å². The quantitative estimate of drug-likeness (QED) is 0.663. The molecule has 0 bridgehead atoms. The summed E-state index contributed by atoms with van der Waals surface area (Å²) in [5.41, 5.74) is 4.49. The van der Waals surface area contributed by atoms with Crippen LogP contribution in [0, 0.1) is 0 Å². The SMILES string of the molecule is CN(Cc1cscn1)c1cc(NN)nc(C(F)(F)F)n1. The third-order valence-electron chi connectivity index (χ3n) is 2.39. The normalized spacial score (nSPS) is 11.4. The van der Waals surface area contributed by atoms with E-state index in [2.05, 4.69) is 20.4 Å². The number of alkyl halides is 3. The van der Waals surface area contributed by atoms with Crippen LogP contribution in [0.3, 0.4) is 0 Å². The Bertz CT molecular complexity index is 571. The van der Waals surface area contributed by atoms with Gasteiger partial charge in [0.15, 0.2) is 0 Å². The lowest BCUT2D eigenvalue weighted by Gasteiger charge is -2.19. The van der Waals surface area contributed by atoms with Gasteiger partial charge in [0, 0.05) is 18.5 Å².